The average Bonchev–Trinajstić information content (AvgIpc) is 2.41. The molecule has 3 amide bonds. The van der Waals surface area contributed by atoms with E-state index in [0.29, 0.717) is 25.9 Å². The van der Waals surface area contributed by atoms with E-state index in [2.05, 4.69) is 5.32 Å². The van der Waals surface area contributed by atoms with Crippen molar-refractivity contribution in [2.75, 3.05) is 18.4 Å². The van der Waals surface area contributed by atoms with E-state index in [1.54, 1.807) is 4.90 Å². The Morgan fingerprint density at radius 2 is 1.90 bits per heavy atom. The number of carbonyl (C=O) groups excluding carboxylic acids is 2. The van der Waals surface area contributed by atoms with E-state index in [-0.39, 0.29) is 17.3 Å². The molecule has 0 aromatic heterocycles. The fourth-order valence-corrected chi connectivity index (χ4v) is 2.25. The summed E-state index contributed by atoms with van der Waals surface area (Å²) in [5, 5.41) is 3.04. The van der Waals surface area contributed by atoms with Crippen LogP contribution in [0.15, 0.2) is 18.2 Å². The molecule has 2 rings (SSSR count). The third kappa shape index (κ3) is 3.17. The highest BCUT2D eigenvalue weighted by Gasteiger charge is 2.22. The van der Waals surface area contributed by atoms with Gasteiger partial charge >= 0.3 is 6.03 Å². The highest BCUT2D eigenvalue weighted by molar-refractivity contribution is 5.93. The summed E-state index contributed by atoms with van der Waals surface area (Å²) in [6.45, 7) is 1.06. The number of nitrogens with two attached hydrogens (primary N) is 2. The first-order chi connectivity index (χ1) is 9.47. The second-order valence-corrected chi connectivity index (χ2v) is 4.80. The molecule has 7 heteroatoms. The van der Waals surface area contributed by atoms with E-state index in [4.69, 9.17) is 11.5 Å². The second-order valence-electron chi connectivity index (χ2n) is 4.80. The van der Waals surface area contributed by atoms with Crippen molar-refractivity contribution in [2.45, 2.75) is 18.9 Å². The Bertz CT molecular complexity index is 527. The molecule has 1 aliphatic rings. The van der Waals surface area contributed by atoms with Crippen molar-refractivity contribution in [2.24, 2.45) is 11.5 Å². The van der Waals surface area contributed by atoms with Gasteiger partial charge < -0.3 is 21.7 Å². The Balaban J connectivity index is 2.02. The Kier molecular flexibility index (Phi) is 4.07. The maximum atomic E-state index is 13.7. The maximum absolute atomic E-state index is 13.7. The number of hydrogen-bond acceptors (Lipinski definition) is 3. The number of nitrogens with one attached hydrogen (secondary N) is 1. The maximum Gasteiger partial charge on any atom is 0.314 e. The molecular weight excluding hydrogens is 263 g/mol. The lowest BCUT2D eigenvalue weighted by Gasteiger charge is -2.31. The number of halogens is 1. The van der Waals surface area contributed by atoms with E-state index in [1.807, 2.05) is 0 Å². The van der Waals surface area contributed by atoms with Crippen molar-refractivity contribution in [3.63, 3.8) is 0 Å². The van der Waals surface area contributed by atoms with Crippen molar-refractivity contribution in [1.29, 1.82) is 0 Å². The van der Waals surface area contributed by atoms with E-state index in [0.717, 1.165) is 0 Å². The summed E-state index contributed by atoms with van der Waals surface area (Å²) in [7, 11) is 0. The first-order valence-corrected chi connectivity index (χ1v) is 6.37. The number of urea groups is 1. The normalized spacial score (nSPS) is 15.9. The number of likely N-dealkylation sites (tertiary alicyclic amines) is 1. The SMILES string of the molecule is NC(=O)c1ccc(F)c(NC2CCN(C(N)=O)CC2)c1. The van der Waals surface area contributed by atoms with Gasteiger partial charge in [-0.1, -0.05) is 0 Å². The number of hydrogen-bond donors (Lipinski definition) is 3. The summed E-state index contributed by atoms with van der Waals surface area (Å²) >= 11 is 0. The largest absolute Gasteiger partial charge is 0.380 e. The Labute approximate surface area is 115 Å². The summed E-state index contributed by atoms with van der Waals surface area (Å²) in [5.74, 6) is -1.04. The Morgan fingerprint density at radius 3 is 2.45 bits per heavy atom. The predicted octanol–water partition coefficient (Wildman–Crippen LogP) is 0.880. The number of carbonyl (C=O) groups is 2. The molecule has 0 saturated carbocycles. The zero-order valence-electron chi connectivity index (χ0n) is 10.9. The number of rotatable bonds is 3. The number of primary amides is 2. The van der Waals surface area contributed by atoms with Crippen molar-refractivity contribution in [3.05, 3.63) is 29.6 Å². The molecule has 0 radical (unpaired) electrons. The summed E-state index contributed by atoms with van der Waals surface area (Å²) < 4.78 is 13.7. The van der Waals surface area contributed by atoms with Gasteiger partial charge in [-0.2, -0.15) is 0 Å². The summed E-state index contributed by atoms with van der Waals surface area (Å²) in [6, 6.07) is 3.55. The lowest BCUT2D eigenvalue weighted by atomic mass is 10.0. The van der Waals surface area contributed by atoms with Crippen LogP contribution < -0.4 is 16.8 Å². The Morgan fingerprint density at radius 1 is 1.25 bits per heavy atom. The van der Waals surface area contributed by atoms with Crippen LogP contribution in [-0.4, -0.2) is 36.0 Å². The number of piperidine rings is 1. The molecule has 20 heavy (non-hydrogen) atoms. The van der Waals surface area contributed by atoms with Crippen molar-refractivity contribution < 1.29 is 14.0 Å². The molecular formula is C13H17FN4O2. The minimum atomic E-state index is -0.600. The molecule has 108 valence electrons. The van der Waals surface area contributed by atoms with Gasteiger partial charge in [-0.25, -0.2) is 9.18 Å². The zero-order chi connectivity index (χ0) is 14.7. The third-order valence-electron chi connectivity index (χ3n) is 3.42. The van der Waals surface area contributed by atoms with Gasteiger partial charge in [-0.15, -0.1) is 0 Å². The topological polar surface area (TPSA) is 101 Å². The Hall–Kier alpha value is -2.31. The van der Waals surface area contributed by atoms with Crippen LogP contribution in [-0.2, 0) is 0 Å². The monoisotopic (exact) mass is 280 g/mol. The molecule has 0 bridgehead atoms. The molecule has 0 atom stereocenters. The highest BCUT2D eigenvalue weighted by atomic mass is 19.1. The van der Waals surface area contributed by atoms with Crippen LogP contribution in [0, 0.1) is 5.82 Å². The van der Waals surface area contributed by atoms with Crippen molar-refractivity contribution in [1.82, 2.24) is 4.90 Å². The fourth-order valence-electron chi connectivity index (χ4n) is 2.25. The van der Waals surface area contributed by atoms with Gasteiger partial charge in [0.25, 0.3) is 0 Å². The predicted molar refractivity (Wildman–Crippen MR) is 72.7 cm³/mol. The summed E-state index contributed by atoms with van der Waals surface area (Å²) in [5.41, 5.74) is 10.9. The molecule has 1 fully saturated rings. The van der Waals surface area contributed by atoms with Crippen LogP contribution in [0.4, 0.5) is 14.9 Å². The smallest absolute Gasteiger partial charge is 0.314 e. The van der Waals surface area contributed by atoms with Crippen molar-refractivity contribution in [3.8, 4) is 0 Å². The first kappa shape index (κ1) is 14.1. The lowest BCUT2D eigenvalue weighted by molar-refractivity contribution is 0.1000. The molecule has 0 aliphatic carbocycles. The van der Waals surface area contributed by atoms with Gasteiger partial charge in [0.1, 0.15) is 5.82 Å². The molecule has 0 spiro atoms. The van der Waals surface area contributed by atoms with E-state index in [1.165, 1.54) is 18.2 Å². The summed E-state index contributed by atoms with van der Waals surface area (Å²) in [6.07, 6.45) is 1.34. The standard InChI is InChI=1S/C13H17FN4O2/c14-10-2-1-8(12(15)19)7-11(10)17-9-3-5-18(6-4-9)13(16)20/h1-2,7,9,17H,3-6H2,(H2,15,19)(H2,16,20). The zero-order valence-corrected chi connectivity index (χ0v) is 10.9. The quantitative estimate of drug-likeness (QED) is 0.766. The highest BCUT2D eigenvalue weighted by Crippen LogP contribution is 2.20. The first-order valence-electron chi connectivity index (χ1n) is 6.37. The molecule has 0 unspecified atom stereocenters. The molecule has 1 saturated heterocycles. The van der Waals surface area contributed by atoms with Crippen LogP contribution in [0.3, 0.4) is 0 Å². The number of anilines is 1. The average molecular weight is 280 g/mol. The van der Waals surface area contributed by atoms with Crippen LogP contribution >= 0.6 is 0 Å². The summed E-state index contributed by atoms with van der Waals surface area (Å²) in [4.78, 5) is 23.6. The van der Waals surface area contributed by atoms with Gasteiger partial charge in [-0.3, -0.25) is 4.79 Å². The van der Waals surface area contributed by atoms with Gasteiger partial charge in [0.2, 0.25) is 5.91 Å². The minimum absolute atomic E-state index is 0.0308. The molecule has 1 heterocycles. The number of nitrogens with zero attached hydrogens (tertiary/aromatic N) is 1. The van der Waals surface area contributed by atoms with Crippen LogP contribution in [0.25, 0.3) is 0 Å². The number of benzene rings is 1. The third-order valence-corrected chi connectivity index (χ3v) is 3.42. The van der Waals surface area contributed by atoms with Gasteiger partial charge in [0.15, 0.2) is 0 Å². The molecule has 5 N–H and O–H groups in total. The number of amides is 3. The molecule has 1 aliphatic heterocycles. The van der Waals surface area contributed by atoms with E-state index < -0.39 is 17.8 Å². The van der Waals surface area contributed by atoms with Crippen LogP contribution in [0.5, 0.6) is 0 Å². The van der Waals surface area contributed by atoms with Crippen LogP contribution in [0.2, 0.25) is 0 Å². The fraction of sp³-hybridized carbons (Fsp3) is 0.385. The molecule has 1 aromatic carbocycles. The lowest BCUT2D eigenvalue weighted by Crippen LogP contribution is -2.44. The molecule has 1 aromatic rings. The van der Waals surface area contributed by atoms with Crippen LogP contribution in [0.1, 0.15) is 23.2 Å². The van der Waals surface area contributed by atoms with Gasteiger partial charge in [0, 0.05) is 24.7 Å². The minimum Gasteiger partial charge on any atom is -0.380 e. The van der Waals surface area contributed by atoms with E-state index >= 15 is 0 Å². The van der Waals surface area contributed by atoms with Gasteiger partial charge in [0.05, 0.1) is 5.69 Å². The van der Waals surface area contributed by atoms with Crippen molar-refractivity contribution >= 4 is 17.6 Å². The second kappa shape index (κ2) is 5.77. The molecule has 6 nitrogen and oxygen atoms in total. The van der Waals surface area contributed by atoms with E-state index in [9.17, 15) is 14.0 Å². The van der Waals surface area contributed by atoms with Gasteiger partial charge in [-0.05, 0) is 31.0 Å².